The highest BCUT2D eigenvalue weighted by molar-refractivity contribution is 5.71. The molecule has 0 radical (unpaired) electrons. The van der Waals surface area contributed by atoms with Gasteiger partial charge in [0, 0.05) is 13.1 Å². The molecular formula is C16H16FN3. The molecular weight excluding hydrogens is 253 g/mol. The Labute approximate surface area is 118 Å². The van der Waals surface area contributed by atoms with Crippen molar-refractivity contribution in [1.82, 2.24) is 0 Å². The highest BCUT2D eigenvalue weighted by Crippen LogP contribution is 2.33. The molecule has 102 valence electrons. The molecule has 0 fully saturated rings. The Morgan fingerprint density at radius 2 is 1.90 bits per heavy atom. The topological polar surface area (TPSA) is 53.0 Å². The van der Waals surface area contributed by atoms with Gasteiger partial charge in [-0.1, -0.05) is 24.3 Å². The van der Waals surface area contributed by atoms with E-state index in [9.17, 15) is 4.39 Å². The summed E-state index contributed by atoms with van der Waals surface area (Å²) in [6.45, 7) is 1.81. The highest BCUT2D eigenvalue weighted by atomic mass is 19.1. The minimum atomic E-state index is -0.352. The lowest BCUT2D eigenvalue weighted by Crippen LogP contribution is -2.18. The van der Waals surface area contributed by atoms with E-state index in [0.29, 0.717) is 22.5 Å². The second-order valence-corrected chi connectivity index (χ2v) is 4.65. The number of para-hydroxylation sites is 2. The van der Waals surface area contributed by atoms with Gasteiger partial charge in [0.1, 0.15) is 11.9 Å². The van der Waals surface area contributed by atoms with Crippen LogP contribution in [0.1, 0.15) is 24.1 Å². The maximum atomic E-state index is 14.2. The first-order valence-corrected chi connectivity index (χ1v) is 6.33. The predicted molar refractivity (Wildman–Crippen MR) is 78.2 cm³/mol. The van der Waals surface area contributed by atoms with E-state index in [0.717, 1.165) is 0 Å². The normalized spacial score (nSPS) is 11.8. The molecule has 0 unspecified atom stereocenters. The zero-order chi connectivity index (χ0) is 14.7. The van der Waals surface area contributed by atoms with E-state index in [2.05, 4.69) is 6.07 Å². The van der Waals surface area contributed by atoms with Gasteiger partial charge in [0.05, 0.1) is 16.9 Å². The standard InChI is InChI=1S/C16H16FN3/c1-11(19)13-7-5-8-14(17)16(13)20(2)15-9-4-3-6-12(15)10-18/h3-9,11H,19H2,1-2H3/t11-/m1/s1. The van der Waals surface area contributed by atoms with E-state index in [4.69, 9.17) is 11.0 Å². The van der Waals surface area contributed by atoms with Gasteiger partial charge in [-0.05, 0) is 30.7 Å². The summed E-state index contributed by atoms with van der Waals surface area (Å²) in [7, 11) is 1.74. The lowest BCUT2D eigenvalue weighted by molar-refractivity contribution is 0.622. The number of hydrogen-bond acceptors (Lipinski definition) is 3. The molecule has 3 nitrogen and oxygen atoms in total. The van der Waals surface area contributed by atoms with Gasteiger partial charge in [-0.2, -0.15) is 5.26 Å². The first-order valence-electron chi connectivity index (χ1n) is 6.33. The third kappa shape index (κ3) is 2.49. The van der Waals surface area contributed by atoms with Crippen LogP contribution in [0.15, 0.2) is 42.5 Å². The SMILES string of the molecule is C[C@@H](N)c1cccc(F)c1N(C)c1ccccc1C#N. The van der Waals surface area contributed by atoms with Gasteiger partial charge < -0.3 is 10.6 Å². The molecule has 2 aromatic carbocycles. The molecule has 0 aliphatic rings. The molecule has 0 aliphatic carbocycles. The van der Waals surface area contributed by atoms with Crippen molar-refractivity contribution in [3.63, 3.8) is 0 Å². The van der Waals surface area contributed by atoms with Gasteiger partial charge in [-0.25, -0.2) is 4.39 Å². The largest absolute Gasteiger partial charge is 0.341 e. The molecule has 2 N–H and O–H groups in total. The maximum Gasteiger partial charge on any atom is 0.147 e. The Morgan fingerprint density at radius 1 is 1.20 bits per heavy atom. The van der Waals surface area contributed by atoms with Crippen molar-refractivity contribution in [2.45, 2.75) is 13.0 Å². The number of benzene rings is 2. The van der Waals surface area contributed by atoms with Crippen LogP contribution >= 0.6 is 0 Å². The number of rotatable bonds is 3. The minimum absolute atomic E-state index is 0.294. The third-order valence-electron chi connectivity index (χ3n) is 3.23. The van der Waals surface area contributed by atoms with Crippen molar-refractivity contribution >= 4 is 11.4 Å². The van der Waals surface area contributed by atoms with Crippen LogP contribution in [-0.2, 0) is 0 Å². The van der Waals surface area contributed by atoms with E-state index in [1.54, 1.807) is 42.3 Å². The fourth-order valence-electron chi connectivity index (χ4n) is 2.23. The van der Waals surface area contributed by atoms with E-state index in [1.165, 1.54) is 6.07 Å². The molecule has 0 heterocycles. The average Bonchev–Trinajstić information content (AvgIpc) is 2.46. The second kappa shape index (κ2) is 5.72. The number of anilines is 2. The molecule has 4 heteroatoms. The summed E-state index contributed by atoms with van der Waals surface area (Å²) in [6.07, 6.45) is 0. The van der Waals surface area contributed by atoms with Gasteiger partial charge in [0.2, 0.25) is 0 Å². The summed E-state index contributed by atoms with van der Waals surface area (Å²) in [5, 5.41) is 9.17. The number of halogens is 1. The van der Waals surface area contributed by atoms with Crippen LogP contribution in [0.4, 0.5) is 15.8 Å². The molecule has 0 saturated heterocycles. The minimum Gasteiger partial charge on any atom is -0.341 e. The zero-order valence-electron chi connectivity index (χ0n) is 11.5. The van der Waals surface area contributed by atoms with E-state index in [1.807, 2.05) is 13.0 Å². The fraction of sp³-hybridized carbons (Fsp3) is 0.188. The zero-order valence-corrected chi connectivity index (χ0v) is 11.5. The van der Waals surface area contributed by atoms with Crippen LogP contribution in [0.2, 0.25) is 0 Å². The lowest BCUT2D eigenvalue weighted by atomic mass is 10.0. The van der Waals surface area contributed by atoms with Gasteiger partial charge in [0.15, 0.2) is 0 Å². The Bertz CT molecular complexity index is 659. The molecule has 0 spiro atoms. The van der Waals surface area contributed by atoms with Crippen molar-refractivity contribution in [2.75, 3.05) is 11.9 Å². The van der Waals surface area contributed by atoms with E-state index >= 15 is 0 Å². The van der Waals surface area contributed by atoms with E-state index in [-0.39, 0.29) is 11.9 Å². The molecule has 1 atom stereocenters. The molecule has 2 aromatic rings. The van der Waals surface area contributed by atoms with Crippen LogP contribution in [0, 0.1) is 17.1 Å². The van der Waals surface area contributed by atoms with Gasteiger partial charge in [0.25, 0.3) is 0 Å². The third-order valence-corrected chi connectivity index (χ3v) is 3.23. The number of nitriles is 1. The molecule has 0 saturated carbocycles. The smallest absolute Gasteiger partial charge is 0.147 e. The first-order chi connectivity index (χ1) is 9.56. The summed E-state index contributed by atoms with van der Waals surface area (Å²) in [4.78, 5) is 1.67. The van der Waals surface area contributed by atoms with Crippen LogP contribution in [0.5, 0.6) is 0 Å². The Morgan fingerprint density at radius 3 is 2.55 bits per heavy atom. The van der Waals surface area contributed by atoms with E-state index < -0.39 is 0 Å². The summed E-state index contributed by atoms with van der Waals surface area (Å²) < 4.78 is 14.2. The van der Waals surface area contributed by atoms with Crippen LogP contribution in [0.3, 0.4) is 0 Å². The number of nitrogens with two attached hydrogens (primary N) is 1. The van der Waals surface area contributed by atoms with Gasteiger partial charge in [-0.15, -0.1) is 0 Å². The molecule has 0 amide bonds. The van der Waals surface area contributed by atoms with Crippen molar-refractivity contribution in [3.8, 4) is 6.07 Å². The van der Waals surface area contributed by atoms with Crippen molar-refractivity contribution in [3.05, 3.63) is 59.4 Å². The van der Waals surface area contributed by atoms with Crippen molar-refractivity contribution < 1.29 is 4.39 Å². The van der Waals surface area contributed by atoms with Crippen molar-refractivity contribution in [2.24, 2.45) is 5.73 Å². The summed E-state index contributed by atoms with van der Waals surface area (Å²) in [6, 6.07) is 13.8. The summed E-state index contributed by atoms with van der Waals surface area (Å²) in [5.74, 6) is -0.352. The summed E-state index contributed by atoms with van der Waals surface area (Å²) >= 11 is 0. The quantitative estimate of drug-likeness (QED) is 0.928. The van der Waals surface area contributed by atoms with Gasteiger partial charge in [-0.3, -0.25) is 0 Å². The Hall–Kier alpha value is -2.38. The Balaban J connectivity index is 2.60. The molecule has 0 bridgehead atoms. The molecule has 0 aromatic heterocycles. The van der Waals surface area contributed by atoms with Crippen LogP contribution in [-0.4, -0.2) is 7.05 Å². The maximum absolute atomic E-state index is 14.2. The second-order valence-electron chi connectivity index (χ2n) is 4.65. The molecule has 2 rings (SSSR count). The predicted octanol–water partition coefficient (Wildman–Crippen LogP) is 3.48. The number of nitrogens with zero attached hydrogens (tertiary/aromatic N) is 2. The lowest BCUT2D eigenvalue weighted by Gasteiger charge is -2.25. The van der Waals surface area contributed by atoms with Crippen LogP contribution < -0.4 is 10.6 Å². The van der Waals surface area contributed by atoms with Crippen molar-refractivity contribution in [1.29, 1.82) is 5.26 Å². The molecule has 20 heavy (non-hydrogen) atoms. The highest BCUT2D eigenvalue weighted by Gasteiger charge is 2.18. The average molecular weight is 269 g/mol. The number of hydrogen-bond donors (Lipinski definition) is 1. The summed E-state index contributed by atoms with van der Waals surface area (Å²) in [5.41, 5.74) is 8.18. The monoisotopic (exact) mass is 269 g/mol. The fourth-order valence-corrected chi connectivity index (χ4v) is 2.23. The van der Waals surface area contributed by atoms with Crippen LogP contribution in [0.25, 0.3) is 0 Å². The van der Waals surface area contributed by atoms with Gasteiger partial charge >= 0.3 is 0 Å². The first kappa shape index (κ1) is 14.0. The molecule has 0 aliphatic heterocycles. The Kier molecular flexibility index (Phi) is 4.02.